The number of thiophene rings is 1. The van der Waals surface area contributed by atoms with Crippen molar-refractivity contribution in [3.8, 4) is 0 Å². The second-order valence-electron chi connectivity index (χ2n) is 6.20. The maximum Gasteiger partial charge on any atom is 0.330 e. The number of aromatic nitrogens is 2. The van der Waals surface area contributed by atoms with E-state index in [0.29, 0.717) is 6.54 Å². The van der Waals surface area contributed by atoms with Crippen molar-refractivity contribution in [1.29, 1.82) is 0 Å². The average molecular weight is 415 g/mol. The summed E-state index contributed by atoms with van der Waals surface area (Å²) < 4.78 is 29.8. The molecule has 0 aliphatic rings. The summed E-state index contributed by atoms with van der Waals surface area (Å²) in [5, 5.41) is 1.88. The molecule has 0 fully saturated rings. The monoisotopic (exact) mass is 414 g/mol. The largest absolute Gasteiger partial charge is 0.330 e. The van der Waals surface area contributed by atoms with Crippen molar-refractivity contribution < 1.29 is 8.42 Å². The molecule has 0 atom stereocenters. The van der Waals surface area contributed by atoms with Crippen LogP contribution in [0.5, 0.6) is 0 Å². The molecule has 0 N–H and O–H groups in total. The highest BCUT2D eigenvalue weighted by Gasteiger charge is 2.29. The molecule has 8 nitrogen and oxygen atoms in total. The zero-order valence-electron chi connectivity index (χ0n) is 16.1. The zero-order valence-corrected chi connectivity index (χ0v) is 17.7. The van der Waals surface area contributed by atoms with Gasteiger partial charge in [0.05, 0.1) is 0 Å². The van der Waals surface area contributed by atoms with E-state index in [-0.39, 0.29) is 18.0 Å². The molecule has 0 aromatic carbocycles. The Morgan fingerprint density at radius 1 is 1.11 bits per heavy atom. The molecule has 0 aliphatic carbocycles. The number of aryl methyl sites for hydroxylation is 1. The molecular weight excluding hydrogens is 388 g/mol. The van der Waals surface area contributed by atoms with Gasteiger partial charge in [-0.05, 0) is 24.5 Å². The number of hydrogen-bond donors (Lipinski definition) is 0. The van der Waals surface area contributed by atoms with Gasteiger partial charge in [0.15, 0.2) is 4.90 Å². The third-order valence-corrected chi connectivity index (χ3v) is 7.19. The summed E-state index contributed by atoms with van der Waals surface area (Å²) in [6.07, 6.45) is 1.11. The Balaban J connectivity index is 2.46. The molecule has 0 saturated heterocycles. The van der Waals surface area contributed by atoms with Crippen molar-refractivity contribution in [2.75, 3.05) is 26.2 Å². The summed E-state index contributed by atoms with van der Waals surface area (Å²) in [5.41, 5.74) is -1.37. The lowest BCUT2D eigenvalue weighted by Gasteiger charge is -2.25. The highest BCUT2D eigenvalue weighted by molar-refractivity contribution is 7.89. The van der Waals surface area contributed by atoms with Gasteiger partial charge in [-0.15, -0.1) is 11.3 Å². The number of sulfonamides is 1. The van der Waals surface area contributed by atoms with E-state index >= 15 is 0 Å². The minimum atomic E-state index is -4.06. The van der Waals surface area contributed by atoms with Gasteiger partial charge < -0.3 is 9.47 Å². The van der Waals surface area contributed by atoms with E-state index in [1.807, 2.05) is 31.4 Å². The predicted molar refractivity (Wildman–Crippen MR) is 107 cm³/mol. The fraction of sp³-hybridized carbons (Fsp3) is 0.529. The van der Waals surface area contributed by atoms with Crippen LogP contribution in [0.4, 0.5) is 0 Å². The van der Waals surface area contributed by atoms with Crippen LogP contribution in [0.3, 0.4) is 0 Å². The van der Waals surface area contributed by atoms with Crippen molar-refractivity contribution in [1.82, 2.24) is 18.3 Å². The van der Waals surface area contributed by atoms with Gasteiger partial charge in [-0.2, -0.15) is 4.31 Å². The second-order valence-corrected chi connectivity index (χ2v) is 9.13. The molecule has 150 valence electrons. The Morgan fingerprint density at radius 3 is 2.33 bits per heavy atom. The quantitative estimate of drug-likeness (QED) is 0.602. The lowest BCUT2D eigenvalue weighted by Crippen LogP contribution is -2.44. The molecule has 2 rings (SSSR count). The third-order valence-electron chi connectivity index (χ3n) is 4.51. The predicted octanol–water partition coefficient (Wildman–Crippen LogP) is 0.678. The van der Waals surface area contributed by atoms with Crippen LogP contribution < -0.4 is 11.2 Å². The molecule has 10 heteroatoms. The average Bonchev–Trinajstić information content (AvgIpc) is 3.15. The Kier molecular flexibility index (Phi) is 7.15. The standard InChI is InChI=1S/C17H26N4O4S2/c1-5-20(6-2)9-10-21(12-14-8-7-11-26-14)27(24,25)15-13-18(3)17(23)19(4)16(15)22/h7-8,11,13H,5-6,9-10,12H2,1-4H3. The van der Waals surface area contributed by atoms with Crippen molar-refractivity contribution >= 4 is 21.4 Å². The van der Waals surface area contributed by atoms with Gasteiger partial charge in [0.2, 0.25) is 10.0 Å². The number of likely N-dealkylation sites (N-methyl/N-ethyl adjacent to an activating group) is 1. The number of hydrogen-bond acceptors (Lipinski definition) is 6. The molecule has 0 spiro atoms. The number of rotatable bonds is 9. The van der Waals surface area contributed by atoms with Crippen molar-refractivity contribution in [3.05, 3.63) is 49.4 Å². The van der Waals surface area contributed by atoms with Crippen LogP contribution in [-0.4, -0.2) is 52.9 Å². The maximum absolute atomic E-state index is 13.3. The molecule has 0 aliphatic heterocycles. The van der Waals surface area contributed by atoms with Crippen LogP contribution in [0.1, 0.15) is 18.7 Å². The lowest BCUT2D eigenvalue weighted by atomic mass is 10.4. The first-order chi connectivity index (χ1) is 12.7. The smallest absolute Gasteiger partial charge is 0.303 e. The lowest BCUT2D eigenvalue weighted by molar-refractivity contribution is 0.269. The van der Waals surface area contributed by atoms with E-state index < -0.39 is 21.3 Å². The van der Waals surface area contributed by atoms with E-state index in [1.165, 1.54) is 29.7 Å². The zero-order chi connectivity index (χ0) is 20.2. The fourth-order valence-electron chi connectivity index (χ4n) is 2.74. The molecule has 2 aromatic heterocycles. The number of nitrogens with zero attached hydrogens (tertiary/aromatic N) is 4. The van der Waals surface area contributed by atoms with Gasteiger partial charge in [-0.3, -0.25) is 9.36 Å². The molecule has 0 radical (unpaired) electrons. The Hall–Kier alpha value is -1.75. The Labute approximate surface area is 163 Å². The van der Waals surface area contributed by atoms with E-state index in [1.54, 1.807) is 0 Å². The fourth-order valence-corrected chi connectivity index (χ4v) is 5.10. The van der Waals surface area contributed by atoms with Crippen molar-refractivity contribution in [2.24, 2.45) is 14.1 Å². The molecule has 0 bridgehead atoms. The van der Waals surface area contributed by atoms with E-state index in [0.717, 1.165) is 33.3 Å². The highest BCUT2D eigenvalue weighted by atomic mass is 32.2. The van der Waals surface area contributed by atoms with Gasteiger partial charge in [0, 0.05) is 44.8 Å². The molecular formula is C17H26N4O4S2. The van der Waals surface area contributed by atoms with Crippen LogP contribution >= 0.6 is 11.3 Å². The van der Waals surface area contributed by atoms with Crippen molar-refractivity contribution in [2.45, 2.75) is 25.3 Å². The topological polar surface area (TPSA) is 84.6 Å². The Morgan fingerprint density at radius 2 is 1.78 bits per heavy atom. The summed E-state index contributed by atoms with van der Waals surface area (Å²) in [6.45, 7) is 6.66. The van der Waals surface area contributed by atoms with E-state index in [9.17, 15) is 18.0 Å². The van der Waals surface area contributed by atoms with Crippen LogP contribution in [0, 0.1) is 0 Å². The summed E-state index contributed by atoms with van der Waals surface area (Å²) in [6, 6.07) is 3.73. The van der Waals surface area contributed by atoms with E-state index in [2.05, 4.69) is 4.90 Å². The third kappa shape index (κ3) is 4.75. The molecule has 0 unspecified atom stereocenters. The maximum atomic E-state index is 13.3. The van der Waals surface area contributed by atoms with Crippen molar-refractivity contribution in [3.63, 3.8) is 0 Å². The Bertz CT molecular complexity index is 973. The van der Waals surface area contributed by atoms with Gasteiger partial charge in [-0.1, -0.05) is 19.9 Å². The second kappa shape index (κ2) is 8.96. The minimum absolute atomic E-state index is 0.188. The first kappa shape index (κ1) is 21.5. The van der Waals surface area contributed by atoms with Gasteiger partial charge in [0.1, 0.15) is 0 Å². The van der Waals surface area contributed by atoms with Crippen LogP contribution in [0.2, 0.25) is 0 Å². The van der Waals surface area contributed by atoms with E-state index in [4.69, 9.17) is 0 Å². The van der Waals surface area contributed by atoms with Gasteiger partial charge in [0.25, 0.3) is 5.56 Å². The SMILES string of the molecule is CCN(CC)CCN(Cc1cccs1)S(=O)(=O)c1cn(C)c(=O)n(C)c1=O. The first-order valence-electron chi connectivity index (χ1n) is 8.73. The molecule has 2 heterocycles. The summed E-state index contributed by atoms with van der Waals surface area (Å²) >= 11 is 1.46. The van der Waals surface area contributed by atoms with Crippen LogP contribution in [0.25, 0.3) is 0 Å². The summed E-state index contributed by atoms with van der Waals surface area (Å²) in [4.78, 5) is 27.0. The van der Waals surface area contributed by atoms with Gasteiger partial charge in [-0.25, -0.2) is 13.2 Å². The molecule has 2 aromatic rings. The van der Waals surface area contributed by atoms with Crippen LogP contribution in [-0.2, 0) is 30.7 Å². The highest BCUT2D eigenvalue weighted by Crippen LogP contribution is 2.18. The normalized spacial score (nSPS) is 12.2. The van der Waals surface area contributed by atoms with Gasteiger partial charge >= 0.3 is 5.69 Å². The van der Waals surface area contributed by atoms with Crippen LogP contribution in [0.15, 0.2) is 38.2 Å². The minimum Gasteiger partial charge on any atom is -0.303 e. The summed E-state index contributed by atoms with van der Waals surface area (Å²) in [5.74, 6) is 0. The summed E-state index contributed by atoms with van der Waals surface area (Å²) in [7, 11) is -1.35. The first-order valence-corrected chi connectivity index (χ1v) is 11.1. The molecule has 27 heavy (non-hydrogen) atoms. The molecule has 0 saturated carbocycles. The molecule has 0 amide bonds.